The van der Waals surface area contributed by atoms with Crippen LogP contribution in [-0.2, 0) is 0 Å². The number of hydrogen-bond donors (Lipinski definition) is 1. The van der Waals surface area contributed by atoms with Crippen molar-refractivity contribution in [2.45, 2.75) is 38.6 Å². The molecule has 1 aliphatic rings. The van der Waals surface area contributed by atoms with E-state index in [1.807, 2.05) is 13.8 Å². The largest absolute Gasteiger partial charge is 0.358 e. The molecule has 1 aliphatic carbocycles. The molecule has 1 saturated carbocycles. The molecule has 1 atom stereocenters. The lowest BCUT2D eigenvalue weighted by Crippen LogP contribution is -2.18. The second kappa shape index (κ2) is 6.02. The monoisotopic (exact) mass is 345 g/mol. The Labute approximate surface area is 142 Å². The number of aromatic nitrogens is 4. The predicted molar refractivity (Wildman–Crippen MR) is 86.9 cm³/mol. The molecular weight excluding hydrogens is 328 g/mol. The molecule has 0 aliphatic heterocycles. The maximum absolute atomic E-state index is 13.6. The lowest BCUT2D eigenvalue weighted by atomic mass is 10.0. The van der Waals surface area contributed by atoms with Crippen LogP contribution < -0.4 is 5.32 Å². The van der Waals surface area contributed by atoms with Crippen molar-refractivity contribution < 1.29 is 13.3 Å². The minimum atomic E-state index is -0.944. The van der Waals surface area contributed by atoms with E-state index in [0.29, 0.717) is 28.5 Å². The zero-order valence-electron chi connectivity index (χ0n) is 13.8. The number of anilines is 1. The van der Waals surface area contributed by atoms with E-state index in [1.165, 1.54) is 6.33 Å². The molecule has 0 saturated heterocycles. The van der Waals surface area contributed by atoms with Gasteiger partial charge in [-0.15, -0.1) is 0 Å². The van der Waals surface area contributed by atoms with Crippen LogP contribution in [0, 0.1) is 17.6 Å². The van der Waals surface area contributed by atoms with E-state index in [-0.39, 0.29) is 12.0 Å². The molecule has 130 valence electrons. The summed E-state index contributed by atoms with van der Waals surface area (Å²) in [7, 11) is 0. The van der Waals surface area contributed by atoms with Gasteiger partial charge in [-0.3, -0.25) is 0 Å². The van der Waals surface area contributed by atoms with Gasteiger partial charge in [0.1, 0.15) is 18.2 Å². The Morgan fingerprint density at radius 2 is 1.92 bits per heavy atom. The predicted octanol–water partition coefficient (Wildman–Crippen LogP) is 3.98. The first-order chi connectivity index (χ1) is 12.0. The van der Waals surface area contributed by atoms with E-state index in [2.05, 4.69) is 25.4 Å². The van der Waals surface area contributed by atoms with Crippen molar-refractivity contribution in [3.63, 3.8) is 0 Å². The van der Waals surface area contributed by atoms with Crippen LogP contribution in [0.2, 0.25) is 0 Å². The van der Waals surface area contributed by atoms with Gasteiger partial charge in [0.25, 0.3) is 0 Å². The SMILES string of the molecule is CC(C)[C@H](Nc1ncnc2cc(F)c(F)cc12)c1nc(C2CC2)no1. The molecule has 1 aromatic carbocycles. The highest BCUT2D eigenvalue weighted by molar-refractivity contribution is 5.89. The lowest BCUT2D eigenvalue weighted by molar-refractivity contribution is 0.332. The molecule has 4 rings (SSSR count). The maximum Gasteiger partial charge on any atom is 0.249 e. The Morgan fingerprint density at radius 3 is 2.64 bits per heavy atom. The van der Waals surface area contributed by atoms with Gasteiger partial charge in [-0.05, 0) is 24.8 Å². The van der Waals surface area contributed by atoms with Gasteiger partial charge in [-0.1, -0.05) is 19.0 Å². The van der Waals surface area contributed by atoms with Gasteiger partial charge < -0.3 is 9.84 Å². The zero-order chi connectivity index (χ0) is 17.6. The standard InChI is InChI=1S/C17H17F2N5O/c1-8(2)14(17-23-15(24-25-17)9-3-4-9)22-16-10-5-11(18)12(19)6-13(10)20-7-21-16/h5-9,14H,3-4H2,1-2H3,(H,20,21,22)/t14-/m0/s1. The van der Waals surface area contributed by atoms with Crippen molar-refractivity contribution in [3.05, 3.63) is 41.8 Å². The molecule has 0 radical (unpaired) electrons. The smallest absolute Gasteiger partial charge is 0.249 e. The molecular formula is C17H17F2N5O. The number of nitrogens with zero attached hydrogens (tertiary/aromatic N) is 4. The van der Waals surface area contributed by atoms with Crippen LogP contribution in [-0.4, -0.2) is 20.1 Å². The third-order valence-electron chi connectivity index (χ3n) is 4.30. The number of fused-ring (bicyclic) bond motifs is 1. The molecule has 0 bridgehead atoms. The zero-order valence-corrected chi connectivity index (χ0v) is 13.8. The van der Waals surface area contributed by atoms with Gasteiger partial charge in [0, 0.05) is 17.4 Å². The minimum Gasteiger partial charge on any atom is -0.358 e. The Morgan fingerprint density at radius 1 is 1.16 bits per heavy atom. The van der Waals surface area contributed by atoms with E-state index in [0.717, 1.165) is 30.8 Å². The van der Waals surface area contributed by atoms with Crippen LogP contribution in [0.25, 0.3) is 10.9 Å². The highest BCUT2D eigenvalue weighted by Gasteiger charge is 2.31. The summed E-state index contributed by atoms with van der Waals surface area (Å²) in [6, 6.07) is 1.85. The maximum atomic E-state index is 13.6. The van der Waals surface area contributed by atoms with Crippen molar-refractivity contribution in [2.75, 3.05) is 5.32 Å². The quantitative estimate of drug-likeness (QED) is 0.754. The van der Waals surface area contributed by atoms with Crippen LogP contribution in [0.1, 0.15) is 50.4 Å². The molecule has 3 aromatic rings. The van der Waals surface area contributed by atoms with Gasteiger partial charge in [0.05, 0.1) is 5.52 Å². The Kier molecular flexibility index (Phi) is 3.82. The van der Waals surface area contributed by atoms with E-state index in [4.69, 9.17) is 4.52 Å². The molecule has 1 fully saturated rings. The first-order valence-electron chi connectivity index (χ1n) is 8.22. The molecule has 25 heavy (non-hydrogen) atoms. The number of rotatable bonds is 5. The number of benzene rings is 1. The summed E-state index contributed by atoms with van der Waals surface area (Å²) in [5, 5.41) is 7.66. The summed E-state index contributed by atoms with van der Waals surface area (Å²) >= 11 is 0. The van der Waals surface area contributed by atoms with E-state index in [1.54, 1.807) is 0 Å². The second-order valence-electron chi connectivity index (χ2n) is 6.64. The van der Waals surface area contributed by atoms with Gasteiger partial charge in [0.15, 0.2) is 17.5 Å². The third kappa shape index (κ3) is 3.04. The van der Waals surface area contributed by atoms with E-state index >= 15 is 0 Å². The number of nitrogens with one attached hydrogen (secondary N) is 1. The summed E-state index contributed by atoms with van der Waals surface area (Å²) in [5.74, 6) is 0.206. The van der Waals surface area contributed by atoms with Gasteiger partial charge in [0.2, 0.25) is 5.89 Å². The van der Waals surface area contributed by atoms with Crippen LogP contribution in [0.3, 0.4) is 0 Å². The third-order valence-corrected chi connectivity index (χ3v) is 4.30. The number of hydrogen-bond acceptors (Lipinski definition) is 6. The molecule has 6 nitrogen and oxygen atoms in total. The normalized spacial score (nSPS) is 15.7. The first kappa shape index (κ1) is 15.9. The highest BCUT2D eigenvalue weighted by Crippen LogP contribution is 2.39. The average Bonchev–Trinajstić information content (AvgIpc) is 3.32. The van der Waals surface area contributed by atoms with Gasteiger partial charge >= 0.3 is 0 Å². The average molecular weight is 345 g/mol. The molecule has 0 spiro atoms. The van der Waals surface area contributed by atoms with E-state index in [9.17, 15) is 8.78 Å². The fraction of sp³-hybridized carbons (Fsp3) is 0.412. The molecule has 0 amide bonds. The van der Waals surface area contributed by atoms with Crippen molar-refractivity contribution in [1.82, 2.24) is 20.1 Å². The minimum absolute atomic E-state index is 0.114. The molecule has 8 heteroatoms. The molecule has 2 aromatic heterocycles. The van der Waals surface area contributed by atoms with Crippen LogP contribution in [0.5, 0.6) is 0 Å². The van der Waals surface area contributed by atoms with Crippen LogP contribution in [0.4, 0.5) is 14.6 Å². The van der Waals surface area contributed by atoms with Crippen molar-refractivity contribution in [1.29, 1.82) is 0 Å². The topological polar surface area (TPSA) is 76.7 Å². The first-order valence-corrected chi connectivity index (χ1v) is 8.22. The molecule has 1 N–H and O–H groups in total. The summed E-state index contributed by atoms with van der Waals surface area (Å²) in [6.07, 6.45) is 3.48. The molecule has 0 unspecified atom stereocenters. The Bertz CT molecular complexity index is 923. The van der Waals surface area contributed by atoms with Crippen LogP contribution >= 0.6 is 0 Å². The number of halogens is 2. The van der Waals surface area contributed by atoms with Gasteiger partial charge in [-0.2, -0.15) is 4.98 Å². The lowest BCUT2D eigenvalue weighted by Gasteiger charge is -2.20. The van der Waals surface area contributed by atoms with E-state index < -0.39 is 11.6 Å². The highest BCUT2D eigenvalue weighted by atomic mass is 19.2. The van der Waals surface area contributed by atoms with Crippen molar-refractivity contribution >= 4 is 16.7 Å². The Hall–Kier alpha value is -2.64. The second-order valence-corrected chi connectivity index (χ2v) is 6.64. The van der Waals surface area contributed by atoms with Crippen molar-refractivity contribution in [2.24, 2.45) is 5.92 Å². The van der Waals surface area contributed by atoms with Crippen LogP contribution in [0.15, 0.2) is 23.0 Å². The fourth-order valence-electron chi connectivity index (χ4n) is 2.71. The summed E-state index contributed by atoms with van der Waals surface area (Å²) in [4.78, 5) is 12.7. The summed E-state index contributed by atoms with van der Waals surface area (Å²) in [5.41, 5.74) is 0.322. The van der Waals surface area contributed by atoms with Gasteiger partial charge in [-0.25, -0.2) is 18.7 Å². The Balaban J connectivity index is 1.70. The summed E-state index contributed by atoms with van der Waals surface area (Å²) < 4.78 is 32.5. The fourth-order valence-corrected chi connectivity index (χ4v) is 2.71. The summed E-state index contributed by atoms with van der Waals surface area (Å²) in [6.45, 7) is 4.00. The molecule has 2 heterocycles. The van der Waals surface area contributed by atoms with Crippen molar-refractivity contribution in [3.8, 4) is 0 Å².